The normalized spacial score (nSPS) is 9.93. The Morgan fingerprint density at radius 3 is 2.53 bits per heavy atom. The van der Waals surface area contributed by atoms with E-state index in [9.17, 15) is 4.39 Å². The minimum Gasteiger partial charge on any atom is -0.473 e. The van der Waals surface area contributed by atoms with Crippen molar-refractivity contribution in [2.75, 3.05) is 0 Å². The molecule has 1 aromatic heterocycles. The molecule has 15 heavy (non-hydrogen) atoms. The van der Waals surface area contributed by atoms with Crippen LogP contribution in [0.5, 0.6) is 5.88 Å². The molecule has 3 heteroatoms. The molecule has 0 aliphatic carbocycles. The maximum absolute atomic E-state index is 12.7. The smallest absolute Gasteiger partial charge is 0.216 e. The predicted octanol–water partition coefficient (Wildman–Crippen LogP) is 2.80. The van der Waals surface area contributed by atoms with Gasteiger partial charge < -0.3 is 4.74 Å². The molecular formula is C12H10FNO. The van der Waals surface area contributed by atoms with Gasteiger partial charge in [0.2, 0.25) is 11.8 Å². The third-order valence-corrected chi connectivity index (χ3v) is 1.92. The quantitative estimate of drug-likeness (QED) is 0.715. The van der Waals surface area contributed by atoms with E-state index in [1.165, 1.54) is 6.07 Å². The first-order chi connectivity index (χ1) is 7.34. The molecule has 2 aromatic rings. The van der Waals surface area contributed by atoms with Crippen molar-refractivity contribution in [2.45, 2.75) is 6.61 Å². The van der Waals surface area contributed by atoms with Crippen molar-refractivity contribution in [2.24, 2.45) is 0 Å². The average Bonchev–Trinajstić information content (AvgIpc) is 2.28. The molecule has 76 valence electrons. The first-order valence-corrected chi connectivity index (χ1v) is 4.64. The lowest BCUT2D eigenvalue weighted by Crippen LogP contribution is -1.97. The van der Waals surface area contributed by atoms with Crippen LogP contribution in [0.4, 0.5) is 4.39 Å². The SMILES string of the molecule is Fc1cccc(OCc2ccccc2)n1. The maximum Gasteiger partial charge on any atom is 0.216 e. The van der Waals surface area contributed by atoms with Crippen LogP contribution >= 0.6 is 0 Å². The van der Waals surface area contributed by atoms with Gasteiger partial charge in [-0.3, -0.25) is 0 Å². The molecule has 0 aliphatic rings. The highest BCUT2D eigenvalue weighted by Crippen LogP contribution is 2.09. The van der Waals surface area contributed by atoms with E-state index in [1.807, 2.05) is 30.3 Å². The molecule has 2 rings (SSSR count). The molecular weight excluding hydrogens is 193 g/mol. The first-order valence-electron chi connectivity index (χ1n) is 4.64. The molecule has 0 unspecified atom stereocenters. The molecule has 0 amide bonds. The molecule has 0 saturated heterocycles. The summed E-state index contributed by atoms with van der Waals surface area (Å²) in [6, 6.07) is 14.2. The summed E-state index contributed by atoms with van der Waals surface area (Å²) in [5.41, 5.74) is 1.03. The highest BCUT2D eigenvalue weighted by molar-refractivity contribution is 5.16. The molecule has 0 fully saturated rings. The van der Waals surface area contributed by atoms with Gasteiger partial charge in [-0.2, -0.15) is 9.37 Å². The Labute approximate surface area is 87.4 Å². The van der Waals surface area contributed by atoms with Gasteiger partial charge >= 0.3 is 0 Å². The zero-order valence-electron chi connectivity index (χ0n) is 8.06. The molecule has 2 nitrogen and oxygen atoms in total. The number of nitrogens with zero attached hydrogens (tertiary/aromatic N) is 1. The maximum atomic E-state index is 12.7. The monoisotopic (exact) mass is 203 g/mol. The van der Waals surface area contributed by atoms with E-state index in [1.54, 1.807) is 12.1 Å². The van der Waals surface area contributed by atoms with Crippen molar-refractivity contribution in [3.05, 3.63) is 60.0 Å². The van der Waals surface area contributed by atoms with Crippen molar-refractivity contribution in [3.63, 3.8) is 0 Å². The number of rotatable bonds is 3. The van der Waals surface area contributed by atoms with E-state index in [-0.39, 0.29) is 0 Å². The summed E-state index contributed by atoms with van der Waals surface area (Å²) in [5, 5.41) is 0. The van der Waals surface area contributed by atoms with E-state index in [0.717, 1.165) is 5.56 Å². The van der Waals surface area contributed by atoms with Crippen molar-refractivity contribution < 1.29 is 9.13 Å². The summed E-state index contributed by atoms with van der Waals surface area (Å²) in [5.74, 6) is -0.223. The lowest BCUT2D eigenvalue weighted by Gasteiger charge is -2.04. The van der Waals surface area contributed by atoms with Crippen LogP contribution in [0.15, 0.2) is 48.5 Å². The lowest BCUT2D eigenvalue weighted by atomic mass is 10.2. The molecule has 0 radical (unpaired) electrons. The fraction of sp³-hybridized carbons (Fsp3) is 0.0833. The van der Waals surface area contributed by atoms with Gasteiger partial charge in [0, 0.05) is 6.07 Å². The predicted molar refractivity (Wildman–Crippen MR) is 55.0 cm³/mol. The highest BCUT2D eigenvalue weighted by Gasteiger charge is 1.97. The molecule has 0 bridgehead atoms. The van der Waals surface area contributed by atoms with E-state index in [2.05, 4.69) is 4.98 Å². The largest absolute Gasteiger partial charge is 0.473 e. The van der Waals surface area contributed by atoms with E-state index < -0.39 is 5.95 Å². The second-order valence-electron chi connectivity index (χ2n) is 3.07. The summed E-state index contributed by atoms with van der Waals surface area (Å²) in [4.78, 5) is 3.60. The van der Waals surface area contributed by atoms with Crippen molar-refractivity contribution in [1.29, 1.82) is 0 Å². The number of hydrogen-bond acceptors (Lipinski definition) is 2. The lowest BCUT2D eigenvalue weighted by molar-refractivity contribution is 0.289. The fourth-order valence-corrected chi connectivity index (χ4v) is 1.20. The van der Waals surface area contributed by atoms with Gasteiger partial charge in [-0.15, -0.1) is 0 Å². The topological polar surface area (TPSA) is 22.1 Å². The Balaban J connectivity index is 1.99. The number of aromatic nitrogens is 1. The number of pyridine rings is 1. The summed E-state index contributed by atoms with van der Waals surface area (Å²) < 4.78 is 18.0. The van der Waals surface area contributed by atoms with Gasteiger partial charge in [-0.05, 0) is 11.6 Å². The molecule has 0 N–H and O–H groups in total. The summed E-state index contributed by atoms with van der Waals surface area (Å²) in [6.07, 6.45) is 0. The van der Waals surface area contributed by atoms with Gasteiger partial charge in [-0.1, -0.05) is 36.4 Å². The van der Waals surface area contributed by atoms with Crippen molar-refractivity contribution >= 4 is 0 Å². The number of hydrogen-bond donors (Lipinski definition) is 0. The third-order valence-electron chi connectivity index (χ3n) is 1.92. The molecule has 1 aromatic carbocycles. The number of benzene rings is 1. The summed E-state index contributed by atoms with van der Waals surface area (Å²) >= 11 is 0. The minimum atomic E-state index is -0.527. The van der Waals surface area contributed by atoms with E-state index in [4.69, 9.17) is 4.74 Å². The zero-order chi connectivity index (χ0) is 10.5. The molecule has 0 spiro atoms. The Morgan fingerprint density at radius 1 is 1.00 bits per heavy atom. The first kappa shape index (κ1) is 9.65. The van der Waals surface area contributed by atoms with Crippen LogP contribution in [0.25, 0.3) is 0 Å². The second-order valence-corrected chi connectivity index (χ2v) is 3.07. The van der Waals surface area contributed by atoms with Crippen LogP contribution in [-0.2, 0) is 6.61 Å². The van der Waals surface area contributed by atoms with Gasteiger partial charge in [0.05, 0.1) is 0 Å². The zero-order valence-corrected chi connectivity index (χ0v) is 8.06. The van der Waals surface area contributed by atoms with Crippen LogP contribution in [0.1, 0.15) is 5.56 Å². The van der Waals surface area contributed by atoms with Gasteiger partial charge in [0.15, 0.2) is 0 Å². The van der Waals surface area contributed by atoms with E-state index >= 15 is 0 Å². The van der Waals surface area contributed by atoms with Crippen LogP contribution in [-0.4, -0.2) is 4.98 Å². The van der Waals surface area contributed by atoms with Crippen LogP contribution < -0.4 is 4.74 Å². The van der Waals surface area contributed by atoms with Gasteiger partial charge in [-0.25, -0.2) is 0 Å². The Bertz CT molecular complexity index is 431. The van der Waals surface area contributed by atoms with Gasteiger partial charge in [0.1, 0.15) is 6.61 Å². The molecule has 0 saturated carbocycles. The van der Waals surface area contributed by atoms with Crippen LogP contribution in [0.3, 0.4) is 0 Å². The molecule has 1 heterocycles. The highest BCUT2D eigenvalue weighted by atomic mass is 19.1. The number of ether oxygens (including phenoxy) is 1. The van der Waals surface area contributed by atoms with Crippen molar-refractivity contribution in [3.8, 4) is 5.88 Å². The Hall–Kier alpha value is -1.90. The summed E-state index contributed by atoms with van der Waals surface area (Å²) in [7, 11) is 0. The Kier molecular flexibility index (Phi) is 2.93. The van der Waals surface area contributed by atoms with Crippen LogP contribution in [0, 0.1) is 5.95 Å². The van der Waals surface area contributed by atoms with Crippen LogP contribution in [0.2, 0.25) is 0 Å². The standard InChI is InChI=1S/C12H10FNO/c13-11-7-4-8-12(14-11)15-9-10-5-2-1-3-6-10/h1-8H,9H2. The summed E-state index contributed by atoms with van der Waals surface area (Å²) in [6.45, 7) is 0.400. The van der Waals surface area contributed by atoms with E-state index in [0.29, 0.717) is 12.5 Å². The Morgan fingerprint density at radius 2 is 1.80 bits per heavy atom. The minimum absolute atomic E-state index is 0.304. The second kappa shape index (κ2) is 4.55. The number of halogens is 1. The third kappa shape index (κ3) is 2.77. The molecule has 0 atom stereocenters. The van der Waals surface area contributed by atoms with Gasteiger partial charge in [0.25, 0.3) is 0 Å². The van der Waals surface area contributed by atoms with Crippen molar-refractivity contribution in [1.82, 2.24) is 4.98 Å². The average molecular weight is 203 g/mol. The fourth-order valence-electron chi connectivity index (χ4n) is 1.20. The molecule has 0 aliphatic heterocycles.